The molecule has 7 heteroatoms. The number of urea groups is 1. The molecule has 0 spiro atoms. The Bertz CT molecular complexity index is 672. The topological polar surface area (TPSA) is 76.5 Å². The fourth-order valence-electron chi connectivity index (χ4n) is 2.83. The van der Waals surface area contributed by atoms with Crippen LogP contribution in [0, 0.1) is 0 Å². The van der Waals surface area contributed by atoms with Gasteiger partial charge in [-0.25, -0.2) is 9.79 Å². The Morgan fingerprint density at radius 1 is 1.19 bits per heavy atom. The molecule has 1 aromatic rings. The molecule has 1 saturated heterocycles. The zero-order chi connectivity index (χ0) is 15.4. The molecule has 3 rings (SSSR count). The number of imide groups is 1. The Morgan fingerprint density at radius 3 is 2.52 bits per heavy atom. The summed E-state index contributed by atoms with van der Waals surface area (Å²) < 4.78 is 0. The third kappa shape index (κ3) is 1.55. The second-order valence-electron chi connectivity index (χ2n) is 5.05. The van der Waals surface area contributed by atoms with Crippen molar-refractivity contribution < 1.29 is 14.7 Å². The van der Waals surface area contributed by atoms with E-state index in [1.54, 1.807) is 17.0 Å². The van der Waals surface area contributed by atoms with Crippen molar-refractivity contribution in [2.75, 3.05) is 25.5 Å². The van der Waals surface area contributed by atoms with E-state index in [1.807, 2.05) is 19.1 Å². The molecule has 110 valence electrons. The van der Waals surface area contributed by atoms with Crippen LogP contribution >= 0.6 is 0 Å². The fraction of sp³-hybridized carbons (Fsp3) is 0.357. The first kappa shape index (κ1) is 13.6. The molecule has 0 bridgehead atoms. The SMILES string of the molecule is CCN1c2ccccc2N=C2N(C)C(=O)N(C)C(=O)C21O. The van der Waals surface area contributed by atoms with Crippen molar-refractivity contribution in [1.82, 2.24) is 9.80 Å². The number of rotatable bonds is 1. The lowest BCUT2D eigenvalue weighted by Gasteiger charge is -2.49. The molecule has 2 heterocycles. The molecule has 0 aromatic heterocycles. The van der Waals surface area contributed by atoms with E-state index in [-0.39, 0.29) is 5.84 Å². The molecule has 1 fully saturated rings. The van der Waals surface area contributed by atoms with Crippen LogP contribution in [0.2, 0.25) is 0 Å². The highest BCUT2D eigenvalue weighted by Gasteiger charge is 2.58. The Balaban J connectivity index is 2.28. The first-order valence-corrected chi connectivity index (χ1v) is 6.67. The van der Waals surface area contributed by atoms with E-state index in [1.165, 1.54) is 19.0 Å². The van der Waals surface area contributed by atoms with E-state index < -0.39 is 17.7 Å². The fourth-order valence-corrected chi connectivity index (χ4v) is 2.83. The second kappa shape index (κ2) is 4.29. The van der Waals surface area contributed by atoms with Crippen molar-refractivity contribution in [3.63, 3.8) is 0 Å². The normalized spacial score (nSPS) is 24.8. The molecule has 7 nitrogen and oxygen atoms in total. The van der Waals surface area contributed by atoms with Crippen LogP contribution in [0.3, 0.4) is 0 Å². The maximum atomic E-state index is 12.5. The van der Waals surface area contributed by atoms with Gasteiger partial charge >= 0.3 is 6.03 Å². The van der Waals surface area contributed by atoms with Crippen molar-refractivity contribution in [2.45, 2.75) is 12.6 Å². The minimum atomic E-state index is -1.96. The van der Waals surface area contributed by atoms with E-state index in [0.717, 1.165) is 4.90 Å². The number of anilines is 1. The summed E-state index contributed by atoms with van der Waals surface area (Å²) in [5, 5.41) is 11.0. The molecule has 1 atom stereocenters. The van der Waals surface area contributed by atoms with Crippen LogP contribution in [-0.2, 0) is 4.79 Å². The second-order valence-corrected chi connectivity index (χ2v) is 5.05. The number of likely N-dealkylation sites (N-methyl/N-ethyl adjacent to an activating group) is 3. The summed E-state index contributed by atoms with van der Waals surface area (Å²) in [6, 6.07) is 6.70. The summed E-state index contributed by atoms with van der Waals surface area (Å²) in [5.41, 5.74) is -0.674. The summed E-state index contributed by atoms with van der Waals surface area (Å²) in [4.78, 5) is 32.6. The third-order valence-electron chi connectivity index (χ3n) is 3.91. The monoisotopic (exact) mass is 288 g/mol. The van der Waals surface area contributed by atoms with E-state index >= 15 is 0 Å². The number of carbonyl (C=O) groups is 2. The van der Waals surface area contributed by atoms with Gasteiger partial charge in [0.05, 0.1) is 11.4 Å². The van der Waals surface area contributed by atoms with Crippen LogP contribution in [-0.4, -0.2) is 59.0 Å². The lowest BCUT2D eigenvalue weighted by atomic mass is 10.0. The van der Waals surface area contributed by atoms with E-state index in [2.05, 4.69) is 4.99 Å². The molecule has 3 amide bonds. The van der Waals surface area contributed by atoms with Gasteiger partial charge in [-0.1, -0.05) is 12.1 Å². The van der Waals surface area contributed by atoms with Gasteiger partial charge in [-0.2, -0.15) is 0 Å². The smallest absolute Gasteiger partial charge is 0.331 e. The van der Waals surface area contributed by atoms with Crippen molar-refractivity contribution >= 4 is 29.1 Å². The number of nitrogens with zero attached hydrogens (tertiary/aromatic N) is 4. The molecule has 21 heavy (non-hydrogen) atoms. The minimum absolute atomic E-state index is 0.0381. The minimum Gasteiger partial charge on any atom is -0.357 e. The zero-order valence-electron chi connectivity index (χ0n) is 12.1. The molecule has 1 unspecified atom stereocenters. The van der Waals surface area contributed by atoms with Gasteiger partial charge in [-0.3, -0.25) is 14.6 Å². The predicted molar refractivity (Wildman–Crippen MR) is 77.4 cm³/mol. The summed E-state index contributed by atoms with van der Waals surface area (Å²) in [7, 11) is 2.85. The number of amidine groups is 1. The number of hydrogen-bond acceptors (Lipinski definition) is 5. The number of para-hydroxylation sites is 2. The van der Waals surface area contributed by atoms with Crippen molar-refractivity contribution in [3.05, 3.63) is 24.3 Å². The number of benzene rings is 1. The Hall–Kier alpha value is -2.41. The lowest BCUT2D eigenvalue weighted by Crippen LogP contribution is -2.74. The van der Waals surface area contributed by atoms with Gasteiger partial charge in [0.2, 0.25) is 0 Å². The third-order valence-corrected chi connectivity index (χ3v) is 3.91. The number of amides is 3. The number of fused-ring (bicyclic) bond motifs is 2. The largest absolute Gasteiger partial charge is 0.357 e. The maximum absolute atomic E-state index is 12.5. The average molecular weight is 288 g/mol. The zero-order valence-corrected chi connectivity index (χ0v) is 12.1. The van der Waals surface area contributed by atoms with Gasteiger partial charge in [0.15, 0.2) is 5.84 Å². The van der Waals surface area contributed by atoms with Crippen LogP contribution in [0.4, 0.5) is 16.2 Å². The molecule has 0 saturated carbocycles. The number of aliphatic hydroxyl groups is 1. The predicted octanol–water partition coefficient (Wildman–Crippen LogP) is 0.769. The molecule has 1 N–H and O–H groups in total. The van der Waals surface area contributed by atoms with Crippen LogP contribution in [0.25, 0.3) is 0 Å². The van der Waals surface area contributed by atoms with Crippen LogP contribution in [0.5, 0.6) is 0 Å². The van der Waals surface area contributed by atoms with Gasteiger partial charge in [0, 0.05) is 20.6 Å². The molecular formula is C14H16N4O3. The first-order chi connectivity index (χ1) is 9.92. The van der Waals surface area contributed by atoms with E-state index in [0.29, 0.717) is 17.9 Å². The average Bonchev–Trinajstić information content (AvgIpc) is 2.50. The van der Waals surface area contributed by atoms with Crippen LogP contribution in [0.1, 0.15) is 6.92 Å². The molecule has 0 radical (unpaired) electrons. The molecule has 0 aliphatic carbocycles. The highest BCUT2D eigenvalue weighted by molar-refractivity contribution is 6.25. The van der Waals surface area contributed by atoms with Crippen LogP contribution in [0.15, 0.2) is 29.3 Å². The highest BCUT2D eigenvalue weighted by Crippen LogP contribution is 2.40. The maximum Gasteiger partial charge on any atom is 0.331 e. The summed E-state index contributed by atoms with van der Waals surface area (Å²) in [6.45, 7) is 2.23. The number of aliphatic imine (C=N–C) groups is 1. The molecule has 2 aliphatic rings. The summed E-state index contributed by atoms with van der Waals surface area (Å²) >= 11 is 0. The standard InChI is InChI=1S/C14H16N4O3/c1-4-18-10-8-6-5-7-9(10)15-11-14(18,21)12(19)17(3)13(20)16(11)2/h5-8,21H,4H2,1-3H3. The number of carbonyl (C=O) groups excluding carboxylic acids is 2. The Labute approximate surface area is 122 Å². The van der Waals surface area contributed by atoms with E-state index in [9.17, 15) is 14.7 Å². The first-order valence-electron chi connectivity index (χ1n) is 6.67. The van der Waals surface area contributed by atoms with E-state index in [4.69, 9.17) is 0 Å². The van der Waals surface area contributed by atoms with Gasteiger partial charge in [-0.05, 0) is 19.1 Å². The van der Waals surface area contributed by atoms with Crippen molar-refractivity contribution in [1.29, 1.82) is 0 Å². The van der Waals surface area contributed by atoms with Gasteiger partial charge in [0.1, 0.15) is 0 Å². The summed E-state index contributed by atoms with van der Waals surface area (Å²) in [5.74, 6) is -0.656. The Morgan fingerprint density at radius 2 is 1.86 bits per heavy atom. The van der Waals surface area contributed by atoms with Gasteiger partial charge in [0.25, 0.3) is 11.6 Å². The van der Waals surface area contributed by atoms with Gasteiger partial charge < -0.3 is 10.0 Å². The quantitative estimate of drug-likeness (QED) is 0.828. The van der Waals surface area contributed by atoms with Crippen molar-refractivity contribution in [3.8, 4) is 0 Å². The van der Waals surface area contributed by atoms with Crippen LogP contribution < -0.4 is 4.90 Å². The summed E-state index contributed by atoms with van der Waals surface area (Å²) in [6.07, 6.45) is 0. The highest BCUT2D eigenvalue weighted by atomic mass is 16.3. The lowest BCUT2D eigenvalue weighted by molar-refractivity contribution is -0.143. The van der Waals surface area contributed by atoms with Gasteiger partial charge in [-0.15, -0.1) is 0 Å². The molecule has 2 aliphatic heterocycles. The number of hydrogen-bond donors (Lipinski definition) is 1. The molecule has 1 aromatic carbocycles. The van der Waals surface area contributed by atoms with Crippen molar-refractivity contribution in [2.24, 2.45) is 4.99 Å². The molecular weight excluding hydrogens is 272 g/mol. The Kier molecular flexibility index (Phi) is 2.77.